The van der Waals surface area contributed by atoms with Gasteiger partial charge in [-0.3, -0.25) is 0 Å². The number of benzene rings is 1. The summed E-state index contributed by atoms with van der Waals surface area (Å²) in [6, 6.07) is 10.1. The Morgan fingerprint density at radius 3 is 2.54 bits per heavy atom. The van der Waals surface area contributed by atoms with Gasteiger partial charge in [0.1, 0.15) is 0 Å². The average Bonchev–Trinajstić information content (AvgIpc) is 3.33. The van der Waals surface area contributed by atoms with Crippen LogP contribution in [0.4, 0.5) is 0 Å². The minimum atomic E-state index is -0.417. The highest BCUT2D eigenvalue weighted by atomic mass is 35.5. The summed E-state index contributed by atoms with van der Waals surface area (Å²) < 4.78 is 7.45. The zero-order valence-corrected chi connectivity index (χ0v) is 15.9. The molecule has 0 spiro atoms. The highest BCUT2D eigenvalue weighted by Gasteiger charge is 2.36. The summed E-state index contributed by atoms with van der Waals surface area (Å²) in [7, 11) is 0. The lowest BCUT2D eigenvalue weighted by Crippen LogP contribution is -2.34. The van der Waals surface area contributed by atoms with Crippen LogP contribution < -0.4 is 5.73 Å². The van der Waals surface area contributed by atoms with E-state index in [-0.39, 0.29) is 12.4 Å². The van der Waals surface area contributed by atoms with E-state index >= 15 is 0 Å². The first-order valence-electron chi connectivity index (χ1n) is 8.79. The lowest BCUT2D eigenvalue weighted by molar-refractivity contribution is 0.352. The van der Waals surface area contributed by atoms with E-state index in [9.17, 15) is 0 Å². The molecule has 0 unspecified atom stereocenters. The summed E-state index contributed by atoms with van der Waals surface area (Å²) in [5.74, 6) is 1.25. The van der Waals surface area contributed by atoms with E-state index in [1.54, 1.807) is 0 Å². The van der Waals surface area contributed by atoms with Crippen molar-refractivity contribution < 1.29 is 4.52 Å². The second kappa shape index (κ2) is 7.21. The van der Waals surface area contributed by atoms with Crippen molar-refractivity contribution in [2.45, 2.75) is 51.5 Å². The van der Waals surface area contributed by atoms with Crippen LogP contribution >= 0.6 is 12.4 Å². The molecule has 0 atom stereocenters. The van der Waals surface area contributed by atoms with Gasteiger partial charge in [0.15, 0.2) is 5.82 Å². The number of aryl methyl sites for hydroxylation is 1. The fourth-order valence-electron chi connectivity index (χ4n) is 3.66. The van der Waals surface area contributed by atoms with E-state index in [0.717, 1.165) is 48.3 Å². The molecule has 0 aliphatic heterocycles. The van der Waals surface area contributed by atoms with Gasteiger partial charge in [-0.1, -0.05) is 36.2 Å². The standard InChI is InChI=1S/C19H23N5O.ClH/c1-13-16(14(2)24(22-13)15-8-4-3-5-9-15)12-17-21-18(23-25-17)19(20)10-6-7-11-19;/h3-5,8-9H,6-7,10-12,20H2,1-2H3;1H. The van der Waals surface area contributed by atoms with Crippen LogP contribution in [0.3, 0.4) is 0 Å². The lowest BCUT2D eigenvalue weighted by atomic mass is 9.98. The third-order valence-corrected chi connectivity index (χ3v) is 5.18. The number of halogens is 1. The van der Waals surface area contributed by atoms with Gasteiger partial charge in [0.05, 0.1) is 23.3 Å². The second-order valence-corrected chi connectivity index (χ2v) is 6.95. The molecule has 1 aromatic carbocycles. The van der Waals surface area contributed by atoms with Gasteiger partial charge in [0, 0.05) is 11.3 Å². The molecule has 0 amide bonds. The van der Waals surface area contributed by atoms with Crippen molar-refractivity contribution in [2.24, 2.45) is 5.73 Å². The van der Waals surface area contributed by atoms with E-state index in [0.29, 0.717) is 18.1 Å². The van der Waals surface area contributed by atoms with E-state index in [1.165, 1.54) is 0 Å². The summed E-state index contributed by atoms with van der Waals surface area (Å²) in [6.45, 7) is 4.08. The smallest absolute Gasteiger partial charge is 0.231 e. The first-order chi connectivity index (χ1) is 12.1. The third kappa shape index (κ3) is 3.27. The van der Waals surface area contributed by atoms with Crippen molar-refractivity contribution in [3.05, 3.63) is 59.0 Å². The second-order valence-electron chi connectivity index (χ2n) is 6.95. The van der Waals surface area contributed by atoms with E-state index < -0.39 is 5.54 Å². The predicted octanol–water partition coefficient (Wildman–Crippen LogP) is 3.61. The molecule has 138 valence electrons. The van der Waals surface area contributed by atoms with Crippen LogP contribution in [-0.4, -0.2) is 19.9 Å². The van der Waals surface area contributed by atoms with Crippen LogP contribution in [-0.2, 0) is 12.0 Å². The number of aromatic nitrogens is 4. The fourth-order valence-corrected chi connectivity index (χ4v) is 3.66. The minimum absolute atomic E-state index is 0. The largest absolute Gasteiger partial charge is 0.339 e. The molecule has 1 aliphatic carbocycles. The van der Waals surface area contributed by atoms with E-state index in [2.05, 4.69) is 22.2 Å². The SMILES string of the molecule is Cc1nn(-c2ccccc2)c(C)c1Cc1nc(C2(N)CCCC2)no1.Cl. The molecule has 7 heteroatoms. The molecule has 2 aromatic heterocycles. The molecule has 0 saturated heterocycles. The monoisotopic (exact) mass is 373 g/mol. The van der Waals surface area contributed by atoms with Crippen molar-refractivity contribution in [3.8, 4) is 5.69 Å². The van der Waals surface area contributed by atoms with Crippen LogP contribution in [0.5, 0.6) is 0 Å². The molecule has 0 radical (unpaired) electrons. The van der Waals surface area contributed by atoms with Crippen LogP contribution in [0.15, 0.2) is 34.9 Å². The molecule has 2 heterocycles. The summed E-state index contributed by atoms with van der Waals surface area (Å²) in [5, 5.41) is 8.83. The highest BCUT2D eigenvalue weighted by molar-refractivity contribution is 5.85. The molecular formula is C19H24ClN5O. The summed E-state index contributed by atoms with van der Waals surface area (Å²) in [6.07, 6.45) is 4.68. The first-order valence-corrected chi connectivity index (χ1v) is 8.79. The Bertz CT molecular complexity index is 881. The molecule has 1 aliphatic rings. The zero-order chi connectivity index (χ0) is 17.4. The molecule has 3 aromatic rings. The van der Waals surface area contributed by atoms with Crippen molar-refractivity contribution >= 4 is 12.4 Å². The Labute approximate surface area is 159 Å². The lowest BCUT2D eigenvalue weighted by Gasteiger charge is -2.17. The topological polar surface area (TPSA) is 82.8 Å². The fraction of sp³-hybridized carbons (Fsp3) is 0.421. The molecule has 6 nitrogen and oxygen atoms in total. The van der Waals surface area contributed by atoms with Crippen LogP contribution in [0.25, 0.3) is 5.69 Å². The van der Waals surface area contributed by atoms with Crippen LogP contribution in [0, 0.1) is 13.8 Å². The van der Waals surface area contributed by atoms with Gasteiger partial charge < -0.3 is 10.3 Å². The number of para-hydroxylation sites is 1. The maximum Gasteiger partial charge on any atom is 0.231 e. The minimum Gasteiger partial charge on any atom is -0.339 e. The number of nitrogens with two attached hydrogens (primary N) is 1. The quantitative estimate of drug-likeness (QED) is 0.755. The molecular weight excluding hydrogens is 350 g/mol. The maximum absolute atomic E-state index is 6.43. The first kappa shape index (κ1) is 18.6. The molecule has 4 rings (SSSR count). The molecule has 1 fully saturated rings. The van der Waals surface area contributed by atoms with Crippen molar-refractivity contribution in [2.75, 3.05) is 0 Å². The number of nitrogens with zero attached hydrogens (tertiary/aromatic N) is 4. The van der Waals surface area contributed by atoms with Crippen molar-refractivity contribution in [3.63, 3.8) is 0 Å². The Kier molecular flexibility index (Phi) is 5.16. The number of rotatable bonds is 4. The Hall–Kier alpha value is -2.18. The molecule has 2 N–H and O–H groups in total. The van der Waals surface area contributed by atoms with E-state index in [4.69, 9.17) is 10.3 Å². The third-order valence-electron chi connectivity index (χ3n) is 5.18. The highest BCUT2D eigenvalue weighted by Crippen LogP contribution is 2.34. The van der Waals surface area contributed by atoms with E-state index in [1.807, 2.05) is 41.9 Å². The average molecular weight is 374 g/mol. The predicted molar refractivity (Wildman–Crippen MR) is 102 cm³/mol. The molecule has 1 saturated carbocycles. The van der Waals surface area contributed by atoms with Gasteiger partial charge in [-0.15, -0.1) is 12.4 Å². The van der Waals surface area contributed by atoms with Crippen LogP contribution in [0.2, 0.25) is 0 Å². The molecule has 26 heavy (non-hydrogen) atoms. The van der Waals surface area contributed by atoms with Gasteiger partial charge >= 0.3 is 0 Å². The van der Waals surface area contributed by atoms with Crippen molar-refractivity contribution in [1.82, 2.24) is 19.9 Å². The van der Waals surface area contributed by atoms with Gasteiger partial charge in [0.25, 0.3) is 0 Å². The summed E-state index contributed by atoms with van der Waals surface area (Å²) in [5.41, 5.74) is 10.2. The maximum atomic E-state index is 6.43. The van der Waals surface area contributed by atoms with Gasteiger partial charge in [-0.05, 0) is 38.8 Å². The summed E-state index contributed by atoms with van der Waals surface area (Å²) in [4.78, 5) is 4.58. The normalized spacial score (nSPS) is 15.8. The Morgan fingerprint density at radius 1 is 1.15 bits per heavy atom. The zero-order valence-electron chi connectivity index (χ0n) is 15.1. The Balaban J connectivity index is 0.00000196. The van der Waals surface area contributed by atoms with Gasteiger partial charge in [-0.2, -0.15) is 10.1 Å². The molecule has 0 bridgehead atoms. The summed E-state index contributed by atoms with van der Waals surface area (Å²) >= 11 is 0. The number of hydrogen-bond acceptors (Lipinski definition) is 5. The van der Waals surface area contributed by atoms with Gasteiger partial charge in [0.2, 0.25) is 5.89 Å². The Morgan fingerprint density at radius 2 is 1.85 bits per heavy atom. The van der Waals surface area contributed by atoms with Crippen molar-refractivity contribution in [1.29, 1.82) is 0 Å². The number of hydrogen-bond donors (Lipinski definition) is 1. The van der Waals surface area contributed by atoms with Crippen LogP contribution in [0.1, 0.15) is 54.3 Å². The van der Waals surface area contributed by atoms with Gasteiger partial charge in [-0.25, -0.2) is 4.68 Å².